The maximum absolute atomic E-state index is 2.40. The molecule has 1 aromatic heterocycles. The summed E-state index contributed by atoms with van der Waals surface area (Å²) >= 11 is 1.85. The summed E-state index contributed by atoms with van der Waals surface area (Å²) in [4.78, 5) is 7.10. The fourth-order valence-corrected chi connectivity index (χ4v) is 8.28. The van der Waals surface area contributed by atoms with Crippen LogP contribution in [0.2, 0.25) is 0 Å². The van der Waals surface area contributed by atoms with E-state index in [4.69, 9.17) is 0 Å². The number of rotatable bonds is 9. The number of hydrogen-bond donors (Lipinski definition) is 0. The summed E-state index contributed by atoms with van der Waals surface area (Å²) in [7, 11) is 0. The molecule has 0 unspecified atom stereocenters. The fraction of sp³-hybridized carbons (Fsp3) is 0. The molecule has 0 bridgehead atoms. The minimum atomic E-state index is 1.10. The molecule has 0 saturated carbocycles. The summed E-state index contributed by atoms with van der Waals surface area (Å²) < 4.78 is 2.45. The SMILES string of the molecule is c1ccc(N(c2ccccc2)c2ccc3c(c2)sc2cc(N(c4ccccc4)c4ccccc4)cc(N(c4ccccc4)c4ccccc4)c23)cc1. The Morgan fingerprint density at radius 2 is 0.615 bits per heavy atom. The molecule has 4 heteroatoms. The quantitative estimate of drug-likeness (QED) is 0.150. The van der Waals surface area contributed by atoms with Gasteiger partial charge >= 0.3 is 0 Å². The molecule has 0 N–H and O–H groups in total. The Hall–Kier alpha value is -6.62. The third-order valence-electron chi connectivity index (χ3n) is 9.36. The van der Waals surface area contributed by atoms with E-state index in [9.17, 15) is 0 Å². The van der Waals surface area contributed by atoms with Crippen molar-refractivity contribution in [2.24, 2.45) is 0 Å². The van der Waals surface area contributed by atoms with Crippen molar-refractivity contribution in [1.82, 2.24) is 0 Å². The van der Waals surface area contributed by atoms with Gasteiger partial charge in [-0.1, -0.05) is 115 Å². The van der Waals surface area contributed by atoms with Crippen molar-refractivity contribution in [1.29, 1.82) is 0 Å². The number of fused-ring (bicyclic) bond motifs is 3. The van der Waals surface area contributed by atoms with Gasteiger partial charge in [0.1, 0.15) is 0 Å². The molecular weight excluding hydrogens is 651 g/mol. The first-order chi connectivity index (χ1) is 25.8. The van der Waals surface area contributed by atoms with Crippen LogP contribution in [0.25, 0.3) is 20.2 Å². The maximum atomic E-state index is 2.40. The predicted octanol–water partition coefficient (Wildman–Crippen LogP) is 14.5. The molecule has 248 valence electrons. The fourth-order valence-electron chi connectivity index (χ4n) is 7.09. The van der Waals surface area contributed by atoms with Crippen LogP contribution in [0.5, 0.6) is 0 Å². The summed E-state index contributed by atoms with van der Waals surface area (Å²) in [6.45, 7) is 0. The van der Waals surface area contributed by atoms with Crippen LogP contribution in [0.15, 0.2) is 212 Å². The van der Waals surface area contributed by atoms with E-state index in [1.807, 2.05) is 11.3 Å². The lowest BCUT2D eigenvalue weighted by molar-refractivity contribution is 1.26. The molecule has 0 amide bonds. The zero-order valence-corrected chi connectivity index (χ0v) is 29.3. The molecule has 0 spiro atoms. The Morgan fingerprint density at radius 1 is 0.269 bits per heavy atom. The van der Waals surface area contributed by atoms with Gasteiger partial charge in [0.25, 0.3) is 0 Å². The van der Waals surface area contributed by atoms with Crippen LogP contribution in [-0.4, -0.2) is 0 Å². The molecule has 8 aromatic carbocycles. The lowest BCUT2D eigenvalue weighted by Crippen LogP contribution is -2.13. The molecule has 0 aliphatic heterocycles. The summed E-state index contributed by atoms with van der Waals surface area (Å²) in [6.07, 6.45) is 0. The minimum Gasteiger partial charge on any atom is -0.310 e. The Balaban J connectivity index is 1.32. The lowest BCUT2D eigenvalue weighted by atomic mass is 10.0. The lowest BCUT2D eigenvalue weighted by Gasteiger charge is -2.30. The van der Waals surface area contributed by atoms with Gasteiger partial charge in [-0.3, -0.25) is 0 Å². The highest BCUT2D eigenvalue weighted by Crippen LogP contribution is 2.50. The molecule has 9 aromatic rings. The predicted molar refractivity (Wildman–Crippen MR) is 223 cm³/mol. The van der Waals surface area contributed by atoms with Crippen LogP contribution in [0.3, 0.4) is 0 Å². The highest BCUT2D eigenvalue weighted by molar-refractivity contribution is 7.26. The van der Waals surface area contributed by atoms with Crippen molar-refractivity contribution in [3.63, 3.8) is 0 Å². The van der Waals surface area contributed by atoms with Gasteiger partial charge in [-0.15, -0.1) is 11.3 Å². The van der Waals surface area contributed by atoms with Crippen molar-refractivity contribution in [2.45, 2.75) is 0 Å². The van der Waals surface area contributed by atoms with Crippen LogP contribution >= 0.6 is 11.3 Å². The number of hydrogen-bond acceptors (Lipinski definition) is 4. The average Bonchev–Trinajstić information content (AvgIpc) is 3.59. The van der Waals surface area contributed by atoms with E-state index >= 15 is 0 Å². The average molecular weight is 686 g/mol. The zero-order chi connectivity index (χ0) is 34.7. The summed E-state index contributed by atoms with van der Waals surface area (Å²) in [5, 5.41) is 2.46. The summed E-state index contributed by atoms with van der Waals surface area (Å²) in [6, 6.07) is 75.6. The molecule has 1 heterocycles. The van der Waals surface area contributed by atoms with Crippen LogP contribution in [0.1, 0.15) is 0 Å². The Kier molecular flexibility index (Phi) is 8.41. The van der Waals surface area contributed by atoms with Gasteiger partial charge in [-0.2, -0.15) is 0 Å². The van der Waals surface area contributed by atoms with E-state index in [0.717, 1.165) is 51.2 Å². The Labute approximate surface area is 308 Å². The third-order valence-corrected chi connectivity index (χ3v) is 10.5. The molecule has 0 aliphatic carbocycles. The smallest absolute Gasteiger partial charge is 0.0575 e. The number of para-hydroxylation sites is 6. The maximum Gasteiger partial charge on any atom is 0.0575 e. The molecule has 9 rings (SSSR count). The van der Waals surface area contributed by atoms with Gasteiger partial charge in [-0.25, -0.2) is 0 Å². The van der Waals surface area contributed by atoms with Gasteiger partial charge in [-0.05, 0) is 97.1 Å². The van der Waals surface area contributed by atoms with Crippen LogP contribution in [-0.2, 0) is 0 Å². The second kappa shape index (κ2) is 13.9. The van der Waals surface area contributed by atoms with E-state index in [-0.39, 0.29) is 0 Å². The number of thiophene rings is 1. The molecule has 3 nitrogen and oxygen atoms in total. The molecule has 0 saturated heterocycles. The molecule has 0 aliphatic rings. The standard InChI is InChI=1S/C48H35N3S/c1-7-19-36(20-8-1)49(37-21-9-2-10-22-37)42-31-32-44-46(34-42)52-47-35-43(50(38-23-11-3-12-24-38)39-25-13-4-14-26-39)33-45(48(44)47)51(40-27-15-5-16-28-40)41-29-17-6-18-30-41/h1-35H. The van der Waals surface area contributed by atoms with Crippen molar-refractivity contribution >= 4 is 82.7 Å². The van der Waals surface area contributed by atoms with E-state index < -0.39 is 0 Å². The second-order valence-electron chi connectivity index (χ2n) is 12.6. The first-order valence-electron chi connectivity index (χ1n) is 17.5. The Bertz CT molecular complexity index is 2440. The van der Waals surface area contributed by atoms with Crippen LogP contribution in [0.4, 0.5) is 51.2 Å². The molecule has 52 heavy (non-hydrogen) atoms. The normalized spacial score (nSPS) is 11.1. The van der Waals surface area contributed by atoms with Gasteiger partial charge < -0.3 is 14.7 Å². The molecular formula is C48H35N3S. The van der Waals surface area contributed by atoms with E-state index in [0.29, 0.717) is 0 Å². The number of nitrogens with zero attached hydrogens (tertiary/aromatic N) is 3. The van der Waals surface area contributed by atoms with Crippen molar-refractivity contribution in [2.75, 3.05) is 14.7 Å². The third kappa shape index (κ3) is 5.96. The summed E-state index contributed by atoms with van der Waals surface area (Å²) in [5.41, 5.74) is 10.0. The topological polar surface area (TPSA) is 9.72 Å². The van der Waals surface area contributed by atoms with Gasteiger partial charge in [0.2, 0.25) is 0 Å². The molecule has 0 fully saturated rings. The Morgan fingerprint density at radius 3 is 1.02 bits per heavy atom. The first kappa shape index (κ1) is 31.4. The van der Waals surface area contributed by atoms with Gasteiger partial charge in [0, 0.05) is 65.7 Å². The van der Waals surface area contributed by atoms with Crippen LogP contribution < -0.4 is 14.7 Å². The van der Waals surface area contributed by atoms with Crippen molar-refractivity contribution in [3.8, 4) is 0 Å². The number of anilines is 9. The monoisotopic (exact) mass is 685 g/mol. The van der Waals surface area contributed by atoms with Crippen molar-refractivity contribution in [3.05, 3.63) is 212 Å². The van der Waals surface area contributed by atoms with Gasteiger partial charge in [0.15, 0.2) is 0 Å². The zero-order valence-electron chi connectivity index (χ0n) is 28.5. The van der Waals surface area contributed by atoms with E-state index in [1.54, 1.807) is 0 Å². The first-order valence-corrected chi connectivity index (χ1v) is 18.3. The molecule has 0 radical (unpaired) electrons. The van der Waals surface area contributed by atoms with E-state index in [2.05, 4.69) is 227 Å². The highest BCUT2D eigenvalue weighted by atomic mass is 32.1. The molecule has 0 atom stereocenters. The summed E-state index contributed by atoms with van der Waals surface area (Å²) in [5.74, 6) is 0. The minimum absolute atomic E-state index is 1.10. The van der Waals surface area contributed by atoms with Crippen LogP contribution in [0, 0.1) is 0 Å². The van der Waals surface area contributed by atoms with E-state index in [1.165, 1.54) is 20.2 Å². The largest absolute Gasteiger partial charge is 0.310 e. The van der Waals surface area contributed by atoms with Crippen molar-refractivity contribution < 1.29 is 0 Å². The highest BCUT2D eigenvalue weighted by Gasteiger charge is 2.23. The van der Waals surface area contributed by atoms with Gasteiger partial charge in [0.05, 0.1) is 5.69 Å². The number of benzene rings is 8. The second-order valence-corrected chi connectivity index (χ2v) is 13.7.